The Morgan fingerprint density at radius 2 is 1.92 bits per heavy atom. The van der Waals surface area contributed by atoms with Crippen LogP contribution in [0.2, 0.25) is 0 Å². The molecule has 8 heteroatoms. The van der Waals surface area contributed by atoms with Crippen LogP contribution in [0.4, 0.5) is 5.95 Å². The Hall–Kier alpha value is -2.90. The lowest BCUT2D eigenvalue weighted by atomic mass is 10.2. The highest BCUT2D eigenvalue weighted by molar-refractivity contribution is 5.94. The molecule has 0 aliphatic carbocycles. The van der Waals surface area contributed by atoms with E-state index in [0.717, 1.165) is 5.69 Å². The number of hydrogen-bond acceptors (Lipinski definition) is 6. The van der Waals surface area contributed by atoms with Gasteiger partial charge in [0.1, 0.15) is 0 Å². The number of piperazine rings is 1. The number of nitrogens with zero attached hydrogens (tertiary/aromatic N) is 5. The van der Waals surface area contributed by atoms with Gasteiger partial charge in [-0.25, -0.2) is 4.98 Å². The van der Waals surface area contributed by atoms with Crippen LogP contribution in [0.25, 0.3) is 0 Å². The molecule has 0 spiro atoms. The van der Waals surface area contributed by atoms with E-state index in [1.54, 1.807) is 17.0 Å². The number of carbonyl (C=O) groups is 1. The number of rotatable bonds is 4. The molecule has 0 radical (unpaired) electrons. The molecule has 2 aromatic rings. The van der Waals surface area contributed by atoms with Crippen molar-refractivity contribution in [3.8, 4) is 5.88 Å². The highest BCUT2D eigenvalue weighted by Crippen LogP contribution is 2.18. The second-order valence-electron chi connectivity index (χ2n) is 5.81. The molecule has 0 atom stereocenters. The SMILES string of the molecule is CCOc1cc(C)nc(N2CCN(C(=O)c3cc[n+]([O-])cc3)CC2)n1. The molecular formula is C17H21N5O3. The summed E-state index contributed by atoms with van der Waals surface area (Å²) >= 11 is 0. The van der Waals surface area contributed by atoms with Gasteiger partial charge in [-0.15, -0.1) is 0 Å². The zero-order valence-electron chi connectivity index (χ0n) is 14.4. The van der Waals surface area contributed by atoms with Gasteiger partial charge in [0.15, 0.2) is 12.4 Å². The Morgan fingerprint density at radius 3 is 2.56 bits per heavy atom. The zero-order valence-corrected chi connectivity index (χ0v) is 14.4. The van der Waals surface area contributed by atoms with Crippen LogP contribution in [-0.2, 0) is 0 Å². The van der Waals surface area contributed by atoms with E-state index in [1.807, 2.05) is 19.9 Å². The van der Waals surface area contributed by atoms with Crippen molar-refractivity contribution < 1.29 is 14.3 Å². The Labute approximate surface area is 146 Å². The third kappa shape index (κ3) is 3.96. The molecule has 3 rings (SSSR count). The molecule has 0 saturated carbocycles. The second kappa shape index (κ2) is 7.33. The largest absolute Gasteiger partial charge is 0.619 e. The molecule has 1 fully saturated rings. The summed E-state index contributed by atoms with van der Waals surface area (Å²) in [6.07, 6.45) is 2.67. The predicted octanol–water partition coefficient (Wildman–Crippen LogP) is 0.780. The molecule has 3 heterocycles. The number of ether oxygens (including phenoxy) is 1. The van der Waals surface area contributed by atoms with E-state index in [-0.39, 0.29) is 5.91 Å². The molecule has 0 N–H and O–H groups in total. The van der Waals surface area contributed by atoms with E-state index in [4.69, 9.17) is 4.74 Å². The van der Waals surface area contributed by atoms with Crippen LogP contribution in [0.1, 0.15) is 23.0 Å². The van der Waals surface area contributed by atoms with Crippen molar-refractivity contribution in [3.63, 3.8) is 0 Å². The highest BCUT2D eigenvalue weighted by atomic mass is 16.5. The molecule has 1 aliphatic rings. The first-order valence-corrected chi connectivity index (χ1v) is 8.28. The maximum atomic E-state index is 12.5. The minimum absolute atomic E-state index is 0.0691. The summed E-state index contributed by atoms with van der Waals surface area (Å²) in [5, 5.41) is 11.1. The van der Waals surface area contributed by atoms with Crippen LogP contribution in [0.3, 0.4) is 0 Å². The maximum absolute atomic E-state index is 12.5. The second-order valence-corrected chi connectivity index (χ2v) is 5.81. The summed E-state index contributed by atoms with van der Waals surface area (Å²) in [5.74, 6) is 1.13. The van der Waals surface area contributed by atoms with Gasteiger partial charge < -0.3 is 19.7 Å². The van der Waals surface area contributed by atoms with Crippen molar-refractivity contribution in [2.75, 3.05) is 37.7 Å². The Morgan fingerprint density at radius 1 is 1.24 bits per heavy atom. The fraction of sp³-hybridized carbons (Fsp3) is 0.412. The first-order valence-electron chi connectivity index (χ1n) is 8.28. The number of aromatic nitrogens is 3. The highest BCUT2D eigenvalue weighted by Gasteiger charge is 2.24. The van der Waals surface area contributed by atoms with Gasteiger partial charge in [0, 0.05) is 50.1 Å². The number of carbonyl (C=O) groups excluding carboxylic acids is 1. The molecule has 0 unspecified atom stereocenters. The van der Waals surface area contributed by atoms with E-state index in [9.17, 15) is 10.0 Å². The summed E-state index contributed by atoms with van der Waals surface area (Å²) in [6, 6.07) is 4.89. The molecule has 0 aromatic carbocycles. The van der Waals surface area contributed by atoms with Crippen LogP contribution in [0.15, 0.2) is 30.6 Å². The van der Waals surface area contributed by atoms with Crippen molar-refractivity contribution in [2.45, 2.75) is 13.8 Å². The maximum Gasteiger partial charge on any atom is 0.254 e. The zero-order chi connectivity index (χ0) is 17.8. The van der Waals surface area contributed by atoms with Crippen molar-refractivity contribution in [3.05, 3.63) is 47.1 Å². The van der Waals surface area contributed by atoms with Crippen LogP contribution < -0.4 is 14.4 Å². The van der Waals surface area contributed by atoms with E-state index >= 15 is 0 Å². The predicted molar refractivity (Wildman–Crippen MR) is 91.5 cm³/mol. The van der Waals surface area contributed by atoms with Gasteiger partial charge in [-0.2, -0.15) is 9.71 Å². The molecule has 1 saturated heterocycles. The van der Waals surface area contributed by atoms with Crippen molar-refractivity contribution in [1.29, 1.82) is 0 Å². The van der Waals surface area contributed by atoms with Crippen molar-refractivity contribution >= 4 is 11.9 Å². The molecule has 8 nitrogen and oxygen atoms in total. The van der Waals surface area contributed by atoms with E-state index < -0.39 is 0 Å². The van der Waals surface area contributed by atoms with E-state index in [1.165, 1.54) is 12.4 Å². The molecule has 25 heavy (non-hydrogen) atoms. The monoisotopic (exact) mass is 343 g/mol. The quantitative estimate of drug-likeness (QED) is 0.602. The lowest BCUT2D eigenvalue weighted by Gasteiger charge is -2.34. The standard InChI is InChI=1S/C17H21N5O3/c1-3-25-15-12-13(2)18-17(19-15)21-10-8-20(9-11-21)16(23)14-4-6-22(24)7-5-14/h4-7,12H,3,8-11H2,1-2H3. The van der Waals surface area contributed by atoms with Crippen molar-refractivity contribution in [1.82, 2.24) is 14.9 Å². The van der Waals surface area contributed by atoms with Crippen LogP contribution in [0, 0.1) is 12.1 Å². The topological polar surface area (TPSA) is 85.5 Å². The third-order valence-corrected chi connectivity index (χ3v) is 4.01. The average molecular weight is 343 g/mol. The summed E-state index contributed by atoms with van der Waals surface area (Å²) in [4.78, 5) is 25.2. The summed E-state index contributed by atoms with van der Waals surface area (Å²) in [7, 11) is 0. The number of aryl methyl sites for hydroxylation is 1. The van der Waals surface area contributed by atoms with Gasteiger partial charge in [0.05, 0.1) is 12.2 Å². The Balaban J connectivity index is 1.65. The van der Waals surface area contributed by atoms with Gasteiger partial charge in [-0.3, -0.25) is 4.79 Å². The number of pyridine rings is 1. The van der Waals surface area contributed by atoms with E-state index in [0.29, 0.717) is 54.9 Å². The van der Waals surface area contributed by atoms with Gasteiger partial charge in [0.2, 0.25) is 11.8 Å². The number of amides is 1. The average Bonchev–Trinajstić information content (AvgIpc) is 2.62. The smallest absolute Gasteiger partial charge is 0.254 e. The fourth-order valence-corrected chi connectivity index (χ4v) is 2.74. The number of hydrogen-bond donors (Lipinski definition) is 0. The van der Waals surface area contributed by atoms with E-state index in [2.05, 4.69) is 14.9 Å². The minimum Gasteiger partial charge on any atom is -0.619 e. The van der Waals surface area contributed by atoms with Crippen LogP contribution >= 0.6 is 0 Å². The molecule has 1 aliphatic heterocycles. The summed E-state index contributed by atoms with van der Waals surface area (Å²) in [6.45, 7) is 6.83. The van der Waals surface area contributed by atoms with Gasteiger partial charge in [-0.05, 0) is 13.8 Å². The van der Waals surface area contributed by atoms with Gasteiger partial charge in [0.25, 0.3) is 5.91 Å². The first-order chi connectivity index (χ1) is 12.1. The molecule has 2 aromatic heterocycles. The molecular weight excluding hydrogens is 322 g/mol. The third-order valence-electron chi connectivity index (χ3n) is 4.01. The summed E-state index contributed by atoms with van der Waals surface area (Å²) < 4.78 is 6.14. The molecule has 1 amide bonds. The van der Waals surface area contributed by atoms with Crippen LogP contribution in [0.5, 0.6) is 5.88 Å². The van der Waals surface area contributed by atoms with Gasteiger partial charge >= 0.3 is 0 Å². The Kier molecular flexibility index (Phi) is 4.97. The minimum atomic E-state index is -0.0691. The molecule has 132 valence electrons. The fourth-order valence-electron chi connectivity index (χ4n) is 2.74. The molecule has 0 bridgehead atoms. The normalized spacial score (nSPS) is 14.5. The Bertz CT molecular complexity index is 742. The lowest BCUT2D eigenvalue weighted by molar-refractivity contribution is -0.605. The number of anilines is 1. The van der Waals surface area contributed by atoms with Crippen LogP contribution in [-0.4, -0.2) is 53.6 Å². The summed E-state index contributed by atoms with van der Waals surface area (Å²) in [5.41, 5.74) is 1.37. The first kappa shape index (κ1) is 16.9. The lowest BCUT2D eigenvalue weighted by Crippen LogP contribution is -2.49. The van der Waals surface area contributed by atoms with Crippen molar-refractivity contribution in [2.24, 2.45) is 0 Å². The van der Waals surface area contributed by atoms with Gasteiger partial charge in [-0.1, -0.05) is 0 Å².